The lowest BCUT2D eigenvalue weighted by Crippen LogP contribution is -2.15. The molecule has 0 aliphatic carbocycles. The SMILES string of the molecule is NS(=O)(=O)c1cccc(CNCc2ccccc2)c1. The summed E-state index contributed by atoms with van der Waals surface area (Å²) in [5.41, 5.74) is 2.08. The second-order valence-corrected chi connectivity index (χ2v) is 5.84. The van der Waals surface area contributed by atoms with Crippen LogP contribution in [0, 0.1) is 0 Å². The quantitative estimate of drug-likeness (QED) is 0.871. The molecule has 3 N–H and O–H groups in total. The first-order valence-electron chi connectivity index (χ1n) is 5.92. The van der Waals surface area contributed by atoms with Crippen LogP contribution in [0.2, 0.25) is 0 Å². The summed E-state index contributed by atoms with van der Waals surface area (Å²) in [5, 5.41) is 8.36. The number of hydrogen-bond acceptors (Lipinski definition) is 3. The number of benzene rings is 2. The van der Waals surface area contributed by atoms with Crippen LogP contribution in [0.5, 0.6) is 0 Å². The molecule has 19 heavy (non-hydrogen) atoms. The van der Waals surface area contributed by atoms with Crippen LogP contribution >= 0.6 is 0 Å². The Kier molecular flexibility index (Phi) is 4.31. The van der Waals surface area contributed by atoms with Gasteiger partial charge in [0.05, 0.1) is 4.90 Å². The van der Waals surface area contributed by atoms with E-state index >= 15 is 0 Å². The van der Waals surface area contributed by atoms with E-state index in [0.717, 1.165) is 12.1 Å². The highest BCUT2D eigenvalue weighted by atomic mass is 32.2. The number of nitrogens with two attached hydrogens (primary N) is 1. The van der Waals surface area contributed by atoms with Crippen LogP contribution in [0.3, 0.4) is 0 Å². The molecule has 0 aliphatic heterocycles. The Labute approximate surface area is 113 Å². The monoisotopic (exact) mass is 276 g/mol. The van der Waals surface area contributed by atoms with Crippen LogP contribution in [0.4, 0.5) is 0 Å². The Morgan fingerprint density at radius 3 is 2.21 bits per heavy atom. The number of sulfonamides is 1. The molecule has 0 radical (unpaired) electrons. The average Bonchev–Trinajstić information content (AvgIpc) is 2.39. The molecule has 5 heteroatoms. The van der Waals surface area contributed by atoms with Crippen LogP contribution in [-0.4, -0.2) is 8.42 Å². The van der Waals surface area contributed by atoms with Crippen molar-refractivity contribution in [2.75, 3.05) is 0 Å². The van der Waals surface area contributed by atoms with E-state index in [9.17, 15) is 8.42 Å². The van der Waals surface area contributed by atoms with E-state index in [4.69, 9.17) is 5.14 Å². The Morgan fingerprint density at radius 2 is 1.53 bits per heavy atom. The summed E-state index contributed by atoms with van der Waals surface area (Å²) < 4.78 is 22.5. The second-order valence-electron chi connectivity index (χ2n) is 4.28. The van der Waals surface area contributed by atoms with Gasteiger partial charge >= 0.3 is 0 Å². The van der Waals surface area contributed by atoms with Gasteiger partial charge in [0.2, 0.25) is 10.0 Å². The smallest absolute Gasteiger partial charge is 0.238 e. The summed E-state index contributed by atoms with van der Waals surface area (Å²) in [7, 11) is -3.63. The first kappa shape index (κ1) is 13.7. The third kappa shape index (κ3) is 4.17. The summed E-state index contributed by atoms with van der Waals surface area (Å²) in [6.07, 6.45) is 0. The third-order valence-corrected chi connectivity index (χ3v) is 3.64. The van der Waals surface area contributed by atoms with Crippen molar-refractivity contribution in [1.82, 2.24) is 5.32 Å². The van der Waals surface area contributed by atoms with Gasteiger partial charge in [0.1, 0.15) is 0 Å². The summed E-state index contributed by atoms with van der Waals surface area (Å²) in [6, 6.07) is 16.7. The zero-order chi connectivity index (χ0) is 13.7. The predicted molar refractivity (Wildman–Crippen MR) is 74.8 cm³/mol. The van der Waals surface area contributed by atoms with Crippen molar-refractivity contribution in [3.8, 4) is 0 Å². The molecule has 0 spiro atoms. The van der Waals surface area contributed by atoms with E-state index in [0.29, 0.717) is 6.54 Å². The Morgan fingerprint density at radius 1 is 0.895 bits per heavy atom. The Hall–Kier alpha value is -1.69. The molecule has 0 saturated carbocycles. The first-order valence-corrected chi connectivity index (χ1v) is 7.47. The van der Waals surface area contributed by atoms with Gasteiger partial charge in [-0.25, -0.2) is 13.6 Å². The summed E-state index contributed by atoms with van der Waals surface area (Å²) in [5.74, 6) is 0. The van der Waals surface area contributed by atoms with Crippen LogP contribution in [-0.2, 0) is 23.1 Å². The second kappa shape index (κ2) is 5.97. The van der Waals surface area contributed by atoms with Crippen molar-refractivity contribution in [2.45, 2.75) is 18.0 Å². The molecule has 0 amide bonds. The highest BCUT2D eigenvalue weighted by Gasteiger charge is 2.07. The van der Waals surface area contributed by atoms with Crippen LogP contribution in [0.1, 0.15) is 11.1 Å². The van der Waals surface area contributed by atoms with Crippen molar-refractivity contribution >= 4 is 10.0 Å². The molecule has 0 bridgehead atoms. The molecule has 0 aliphatic rings. The van der Waals surface area contributed by atoms with Crippen molar-refractivity contribution in [3.63, 3.8) is 0 Å². The van der Waals surface area contributed by atoms with Gasteiger partial charge in [-0.05, 0) is 23.3 Å². The largest absolute Gasteiger partial charge is 0.309 e. The van der Waals surface area contributed by atoms with Gasteiger partial charge in [-0.2, -0.15) is 0 Å². The summed E-state index contributed by atoms with van der Waals surface area (Å²) in [4.78, 5) is 0.145. The standard InChI is InChI=1S/C14H16N2O2S/c15-19(17,18)14-8-4-7-13(9-14)11-16-10-12-5-2-1-3-6-12/h1-9,16H,10-11H2,(H2,15,17,18). The number of hydrogen-bond donors (Lipinski definition) is 2. The van der Waals surface area contributed by atoms with Crippen molar-refractivity contribution in [2.24, 2.45) is 5.14 Å². The fourth-order valence-electron chi connectivity index (χ4n) is 1.78. The molecule has 2 rings (SSSR count). The molecular formula is C14H16N2O2S. The molecular weight excluding hydrogens is 260 g/mol. The van der Waals surface area contributed by atoms with Crippen LogP contribution in [0.25, 0.3) is 0 Å². The molecule has 0 fully saturated rings. The normalized spacial score (nSPS) is 11.4. The van der Waals surface area contributed by atoms with Gasteiger partial charge in [-0.15, -0.1) is 0 Å². The summed E-state index contributed by atoms with van der Waals surface area (Å²) in [6.45, 7) is 1.33. The third-order valence-electron chi connectivity index (χ3n) is 2.73. The van der Waals surface area contributed by atoms with E-state index in [1.54, 1.807) is 12.1 Å². The van der Waals surface area contributed by atoms with Crippen LogP contribution in [0.15, 0.2) is 59.5 Å². The fourth-order valence-corrected chi connectivity index (χ4v) is 2.36. The number of nitrogens with one attached hydrogen (secondary N) is 1. The van der Waals surface area contributed by atoms with Gasteiger partial charge in [0.15, 0.2) is 0 Å². The van der Waals surface area contributed by atoms with E-state index in [2.05, 4.69) is 5.32 Å². The molecule has 2 aromatic carbocycles. The topological polar surface area (TPSA) is 72.2 Å². The zero-order valence-corrected chi connectivity index (χ0v) is 11.2. The minimum atomic E-state index is -3.63. The van der Waals surface area contributed by atoms with E-state index in [1.165, 1.54) is 11.6 Å². The molecule has 100 valence electrons. The zero-order valence-electron chi connectivity index (χ0n) is 10.4. The van der Waals surface area contributed by atoms with Gasteiger partial charge in [-0.1, -0.05) is 42.5 Å². The predicted octanol–water partition coefficient (Wildman–Crippen LogP) is 1.62. The maximum atomic E-state index is 11.2. The van der Waals surface area contributed by atoms with Gasteiger partial charge in [0.25, 0.3) is 0 Å². The highest BCUT2D eigenvalue weighted by Crippen LogP contribution is 2.09. The van der Waals surface area contributed by atoms with Crippen LogP contribution < -0.4 is 10.5 Å². The minimum Gasteiger partial charge on any atom is -0.309 e. The van der Waals surface area contributed by atoms with E-state index in [-0.39, 0.29) is 4.90 Å². The lowest BCUT2D eigenvalue weighted by atomic mass is 10.2. The number of rotatable bonds is 5. The van der Waals surface area contributed by atoms with Crippen molar-refractivity contribution in [1.29, 1.82) is 0 Å². The fraction of sp³-hybridized carbons (Fsp3) is 0.143. The maximum Gasteiger partial charge on any atom is 0.238 e. The van der Waals surface area contributed by atoms with E-state index in [1.807, 2.05) is 36.4 Å². The minimum absolute atomic E-state index is 0.145. The Bertz CT molecular complexity index is 640. The maximum absolute atomic E-state index is 11.2. The summed E-state index contributed by atoms with van der Waals surface area (Å²) >= 11 is 0. The molecule has 0 unspecified atom stereocenters. The van der Waals surface area contributed by atoms with E-state index < -0.39 is 10.0 Å². The van der Waals surface area contributed by atoms with Crippen molar-refractivity contribution in [3.05, 3.63) is 65.7 Å². The molecule has 0 saturated heterocycles. The number of primary sulfonamides is 1. The van der Waals surface area contributed by atoms with Gasteiger partial charge in [0, 0.05) is 13.1 Å². The molecule has 2 aromatic rings. The molecule has 0 aromatic heterocycles. The molecule has 0 heterocycles. The average molecular weight is 276 g/mol. The van der Waals surface area contributed by atoms with Gasteiger partial charge < -0.3 is 5.32 Å². The Balaban J connectivity index is 1.97. The lowest BCUT2D eigenvalue weighted by molar-refractivity contribution is 0.597. The van der Waals surface area contributed by atoms with Crippen molar-refractivity contribution < 1.29 is 8.42 Å². The molecule has 0 atom stereocenters. The lowest BCUT2D eigenvalue weighted by Gasteiger charge is -2.06. The highest BCUT2D eigenvalue weighted by molar-refractivity contribution is 7.89. The molecule has 4 nitrogen and oxygen atoms in total. The first-order chi connectivity index (χ1) is 9.05. The van der Waals surface area contributed by atoms with Gasteiger partial charge in [-0.3, -0.25) is 0 Å².